The van der Waals surface area contributed by atoms with Crippen molar-refractivity contribution in [3.8, 4) is 0 Å². The van der Waals surface area contributed by atoms with E-state index in [1.807, 2.05) is 0 Å². The lowest BCUT2D eigenvalue weighted by molar-refractivity contribution is -0.00856. The van der Waals surface area contributed by atoms with Crippen LogP contribution < -0.4 is 0 Å². The van der Waals surface area contributed by atoms with Crippen LogP contribution in [0.5, 0.6) is 0 Å². The van der Waals surface area contributed by atoms with E-state index in [1.54, 1.807) is 0 Å². The molecule has 0 atom stereocenters. The number of unbranched alkanes of at least 4 members (excludes halogenated alkanes) is 20. The van der Waals surface area contributed by atoms with Gasteiger partial charge in [0, 0.05) is 6.61 Å². The highest BCUT2D eigenvalue weighted by Crippen LogP contribution is 2.30. The number of rotatable bonds is 55. The van der Waals surface area contributed by atoms with Crippen LogP contribution in [-0.2, 0) is 42.3 Å². The van der Waals surface area contributed by atoms with E-state index >= 15 is 0 Å². The molecular formula is C51H110O13SSi. The zero-order valence-electron chi connectivity index (χ0n) is 43.4. The quantitative estimate of drug-likeness (QED) is 0.0223. The number of hydrogen-bond acceptors (Lipinski definition) is 14. The standard InChI is InChI=1S/C31H66OSSi.2C10H22O6/c1-4-7-9-11-13-15-17-19-21-23-25-29-34(32-6-3,31-27-28-33)30-26-24-22-20-18-16-14-12-10-8-5-2;2*11-1-3-13-5-7-15-9-10-16-8-6-14-4-2-12/h33H,4-31H2,1-3H3;2*11-12H,1-10H2. The van der Waals surface area contributed by atoms with Gasteiger partial charge in [0.15, 0.2) is 8.32 Å². The van der Waals surface area contributed by atoms with E-state index in [2.05, 4.69) is 33.4 Å². The van der Waals surface area contributed by atoms with Crippen molar-refractivity contribution in [1.29, 1.82) is 0 Å². The Labute approximate surface area is 413 Å². The molecule has 0 rings (SSSR count). The van der Waals surface area contributed by atoms with Crippen LogP contribution >= 0.6 is 12.6 Å². The molecule has 0 aromatic rings. The van der Waals surface area contributed by atoms with E-state index in [0.717, 1.165) is 12.4 Å². The number of thiol groups is 1. The summed E-state index contributed by atoms with van der Waals surface area (Å²) in [7, 11) is -1.55. The molecule has 15 heteroatoms. The maximum Gasteiger partial charge on any atom is 0.192 e. The predicted octanol–water partition coefficient (Wildman–Crippen LogP) is 9.99. The fourth-order valence-electron chi connectivity index (χ4n) is 7.30. The smallest absolute Gasteiger partial charge is 0.192 e. The molecule has 0 aliphatic carbocycles. The monoisotopic (exact) mass is 991 g/mol. The van der Waals surface area contributed by atoms with E-state index in [1.165, 1.54) is 166 Å². The van der Waals surface area contributed by atoms with E-state index in [0.29, 0.717) is 106 Å². The first kappa shape index (κ1) is 70.3. The lowest BCUT2D eigenvalue weighted by Crippen LogP contribution is -2.38. The lowest BCUT2D eigenvalue weighted by atomic mass is 10.1. The van der Waals surface area contributed by atoms with Crippen molar-refractivity contribution in [1.82, 2.24) is 0 Å². The third-order valence-electron chi connectivity index (χ3n) is 10.9. The molecule has 0 fully saturated rings. The molecule has 0 aromatic carbocycles. The average molecular weight is 992 g/mol. The van der Waals surface area contributed by atoms with Crippen LogP contribution in [-0.4, -0.2) is 173 Å². The zero-order chi connectivity index (χ0) is 48.8. The summed E-state index contributed by atoms with van der Waals surface area (Å²) in [6, 6.07) is 4.16. The molecule has 0 unspecified atom stereocenters. The topological polar surface area (TPSA) is 164 Å². The summed E-state index contributed by atoms with van der Waals surface area (Å²) in [5.41, 5.74) is 0. The van der Waals surface area contributed by atoms with Gasteiger partial charge in [-0.25, -0.2) is 0 Å². The van der Waals surface area contributed by atoms with Gasteiger partial charge in [-0.15, -0.1) is 0 Å². The highest BCUT2D eigenvalue weighted by Gasteiger charge is 2.32. The van der Waals surface area contributed by atoms with Gasteiger partial charge in [-0.05, 0) is 37.2 Å². The van der Waals surface area contributed by atoms with Crippen molar-refractivity contribution in [2.45, 2.75) is 187 Å². The van der Waals surface area contributed by atoms with Crippen molar-refractivity contribution in [2.24, 2.45) is 0 Å². The molecule has 0 radical (unpaired) electrons. The zero-order valence-corrected chi connectivity index (χ0v) is 45.2. The highest BCUT2D eigenvalue weighted by molar-refractivity contribution is 7.80. The SMILES string of the molecule is CCCCCCCCCCCCC[Si](CCCS)(CCCCCCCCCCCCC)OCC.OCCOCCOCCOCCOCCO.OCCOCCOCCOCCOCCO. The summed E-state index contributed by atoms with van der Waals surface area (Å²) in [6.07, 6.45) is 32.9. The van der Waals surface area contributed by atoms with Crippen LogP contribution in [0.15, 0.2) is 0 Å². The lowest BCUT2D eigenvalue weighted by Gasteiger charge is -2.31. The van der Waals surface area contributed by atoms with Crippen LogP contribution in [0.1, 0.15) is 168 Å². The van der Waals surface area contributed by atoms with Gasteiger partial charge in [0.25, 0.3) is 0 Å². The Hall–Kier alpha value is 0.0469. The van der Waals surface area contributed by atoms with Crippen LogP contribution in [0.2, 0.25) is 18.1 Å². The third kappa shape index (κ3) is 64.0. The second-order valence-corrected chi connectivity index (χ2v) is 21.4. The molecular weight excluding hydrogens is 881 g/mol. The van der Waals surface area contributed by atoms with Crippen LogP contribution in [0.3, 0.4) is 0 Å². The molecule has 0 aliphatic heterocycles. The molecule has 0 aliphatic rings. The minimum atomic E-state index is -1.55. The van der Waals surface area contributed by atoms with Crippen LogP contribution in [0, 0.1) is 0 Å². The van der Waals surface area contributed by atoms with E-state index in [-0.39, 0.29) is 26.4 Å². The molecule has 66 heavy (non-hydrogen) atoms. The molecule has 402 valence electrons. The van der Waals surface area contributed by atoms with E-state index in [4.69, 9.17) is 62.7 Å². The second-order valence-electron chi connectivity index (χ2n) is 16.8. The van der Waals surface area contributed by atoms with Gasteiger partial charge in [0.1, 0.15) is 0 Å². The molecule has 0 amide bonds. The van der Waals surface area contributed by atoms with Gasteiger partial charge in [-0.2, -0.15) is 12.6 Å². The Balaban J connectivity index is -0.00000103. The summed E-state index contributed by atoms with van der Waals surface area (Å²) in [6.45, 7) is 15.3. The first-order valence-corrected chi connectivity index (χ1v) is 30.0. The molecule has 0 spiro atoms. The van der Waals surface area contributed by atoms with Gasteiger partial charge in [0.2, 0.25) is 0 Å². The highest BCUT2D eigenvalue weighted by atomic mass is 32.1. The van der Waals surface area contributed by atoms with Gasteiger partial charge in [-0.3, -0.25) is 0 Å². The molecule has 4 N–H and O–H groups in total. The van der Waals surface area contributed by atoms with E-state index < -0.39 is 8.32 Å². The molecule has 0 bridgehead atoms. The Morgan fingerprint density at radius 2 is 0.500 bits per heavy atom. The van der Waals surface area contributed by atoms with Gasteiger partial charge in [-0.1, -0.05) is 155 Å². The first-order valence-electron chi connectivity index (χ1n) is 26.9. The van der Waals surface area contributed by atoms with Gasteiger partial charge >= 0.3 is 0 Å². The summed E-state index contributed by atoms with van der Waals surface area (Å²) in [4.78, 5) is 0. The molecule has 0 heterocycles. The van der Waals surface area contributed by atoms with Crippen molar-refractivity contribution >= 4 is 20.9 Å². The molecule has 0 saturated carbocycles. The summed E-state index contributed by atoms with van der Waals surface area (Å²) in [5, 5.41) is 33.7. The number of aliphatic hydroxyl groups excluding tert-OH is 4. The minimum Gasteiger partial charge on any atom is -0.417 e. The largest absolute Gasteiger partial charge is 0.417 e. The molecule has 0 saturated heterocycles. The fourth-order valence-corrected chi connectivity index (χ4v) is 12.2. The number of hydrogen-bond donors (Lipinski definition) is 5. The Kier molecular flexibility index (Phi) is 71.5. The first-order chi connectivity index (χ1) is 32.6. The summed E-state index contributed by atoms with van der Waals surface area (Å²) < 4.78 is 47.4. The predicted molar refractivity (Wildman–Crippen MR) is 278 cm³/mol. The Morgan fingerprint density at radius 1 is 0.288 bits per heavy atom. The number of aliphatic hydroxyl groups is 4. The maximum absolute atomic E-state index is 8.41. The minimum absolute atomic E-state index is 0.0386. The average Bonchev–Trinajstić information content (AvgIpc) is 3.33. The normalized spacial score (nSPS) is 11.5. The van der Waals surface area contributed by atoms with Crippen molar-refractivity contribution in [2.75, 3.05) is 144 Å². The van der Waals surface area contributed by atoms with Crippen molar-refractivity contribution in [3.05, 3.63) is 0 Å². The van der Waals surface area contributed by atoms with Crippen LogP contribution in [0.25, 0.3) is 0 Å². The maximum atomic E-state index is 8.41. The van der Waals surface area contributed by atoms with Crippen molar-refractivity contribution < 1.29 is 62.7 Å². The summed E-state index contributed by atoms with van der Waals surface area (Å²) >= 11 is 4.53. The molecule has 13 nitrogen and oxygen atoms in total. The summed E-state index contributed by atoms with van der Waals surface area (Å²) in [5.74, 6) is 1.03. The fraction of sp³-hybridized carbons (Fsp3) is 1.00. The van der Waals surface area contributed by atoms with Gasteiger partial charge < -0.3 is 62.7 Å². The second kappa shape index (κ2) is 67.1. The van der Waals surface area contributed by atoms with E-state index in [9.17, 15) is 0 Å². The Bertz CT molecular complexity index is 731. The van der Waals surface area contributed by atoms with Crippen molar-refractivity contribution in [3.63, 3.8) is 0 Å². The molecule has 0 aromatic heterocycles. The van der Waals surface area contributed by atoms with Crippen LogP contribution in [0.4, 0.5) is 0 Å². The number of ether oxygens (including phenoxy) is 8. The third-order valence-corrected chi connectivity index (χ3v) is 15.9. The van der Waals surface area contributed by atoms with Gasteiger partial charge in [0.05, 0.1) is 132 Å². The Morgan fingerprint density at radius 3 is 0.712 bits per heavy atom.